The van der Waals surface area contributed by atoms with Crippen LogP contribution in [0, 0.1) is 0 Å². The molecule has 0 aliphatic rings. The van der Waals surface area contributed by atoms with Crippen LogP contribution < -0.4 is 0 Å². The summed E-state index contributed by atoms with van der Waals surface area (Å²) in [6, 6.07) is 0. The van der Waals surface area contributed by atoms with E-state index in [9.17, 15) is 9.59 Å². The maximum atomic E-state index is 9.93. The summed E-state index contributed by atoms with van der Waals surface area (Å²) in [5.41, 5.74) is 0. The van der Waals surface area contributed by atoms with Gasteiger partial charge < -0.3 is 13.1 Å². The van der Waals surface area contributed by atoms with Crippen LogP contribution in [-0.4, -0.2) is 12.3 Å². The molecular weight excluding hydrogens is 168 g/mol. The predicted molar refractivity (Wildman–Crippen MR) is 32.0 cm³/mol. The Morgan fingerprint density at radius 1 is 1.00 bits per heavy atom. The van der Waals surface area contributed by atoms with Crippen LogP contribution in [0.5, 0.6) is 0 Å². The molecule has 0 aromatic heterocycles. The van der Waals surface area contributed by atoms with Crippen LogP contribution in [0.3, 0.4) is 0 Å². The van der Waals surface area contributed by atoms with Gasteiger partial charge in [-0.3, -0.25) is 0 Å². The molecule has 0 radical (unpaired) electrons. The molecule has 0 saturated heterocycles. The molecule has 0 spiro atoms. The molecule has 9 heavy (non-hydrogen) atoms. The largest absolute Gasteiger partial charge is 0.530 e. The average molecular weight is 170 g/mol. The normalized spacial score (nSPS) is 7.78. The topological polar surface area (TPSA) is 61.8 Å². The highest BCUT2D eigenvalue weighted by atomic mass is 32.1. The van der Waals surface area contributed by atoms with Crippen LogP contribution in [0.15, 0.2) is 0 Å². The van der Waals surface area contributed by atoms with Crippen molar-refractivity contribution in [3.63, 3.8) is 0 Å². The first-order valence-electron chi connectivity index (χ1n) is 1.59. The van der Waals surface area contributed by atoms with E-state index in [-0.39, 0.29) is 0 Å². The van der Waals surface area contributed by atoms with Crippen molar-refractivity contribution < 1.29 is 22.7 Å². The molecule has 0 aliphatic carbocycles. The minimum atomic E-state index is -1.27. The van der Waals surface area contributed by atoms with Crippen molar-refractivity contribution in [1.29, 1.82) is 0 Å². The summed E-state index contributed by atoms with van der Waals surface area (Å²) < 4.78 is 10.9. The van der Waals surface area contributed by atoms with E-state index in [1.807, 2.05) is 0 Å². The predicted octanol–water partition coefficient (Wildman–Crippen LogP) is 0.966. The molecule has 0 rings (SSSR count). The Morgan fingerprint density at radius 2 is 1.33 bits per heavy atom. The summed E-state index contributed by atoms with van der Waals surface area (Å²) in [5, 5.41) is 0. The number of hydrogen-bond acceptors (Lipinski definition) is 7. The summed E-state index contributed by atoms with van der Waals surface area (Å²) in [6.07, 6.45) is -2.53. The van der Waals surface area contributed by atoms with Gasteiger partial charge in [-0.05, 0) is 0 Å². The van der Waals surface area contributed by atoms with E-state index in [0.29, 0.717) is 0 Å². The van der Waals surface area contributed by atoms with Crippen molar-refractivity contribution in [2.24, 2.45) is 0 Å². The minimum Gasteiger partial charge on any atom is -0.363 e. The van der Waals surface area contributed by atoms with Gasteiger partial charge in [-0.25, -0.2) is 9.59 Å². The lowest BCUT2D eigenvalue weighted by atomic mass is 11.3. The van der Waals surface area contributed by atoms with E-state index in [1.54, 1.807) is 0 Å². The molecule has 7 heteroatoms. The lowest BCUT2D eigenvalue weighted by Gasteiger charge is -1.93. The van der Waals surface area contributed by atoms with Gasteiger partial charge in [0.2, 0.25) is 0 Å². The fraction of sp³-hybridized carbons (Fsp3) is 0. The molecule has 0 saturated carbocycles. The smallest absolute Gasteiger partial charge is 0.363 e. The van der Waals surface area contributed by atoms with Gasteiger partial charge in [0, 0.05) is 25.8 Å². The summed E-state index contributed by atoms with van der Waals surface area (Å²) in [5.74, 6) is 0. The molecule has 0 amide bonds. The number of rotatable bonds is 0. The van der Waals surface area contributed by atoms with Gasteiger partial charge in [-0.2, -0.15) is 0 Å². The van der Waals surface area contributed by atoms with Crippen LogP contribution >= 0.6 is 25.8 Å². The number of hydrogen-bond donors (Lipinski definition) is 2. The van der Waals surface area contributed by atoms with Gasteiger partial charge in [-0.15, -0.1) is 0 Å². The summed E-state index contributed by atoms with van der Waals surface area (Å²) in [6.45, 7) is 0. The van der Waals surface area contributed by atoms with E-state index in [2.05, 4.69) is 38.9 Å². The molecule has 0 atom stereocenters. The minimum absolute atomic E-state index is 1.27. The first-order valence-corrected chi connectivity index (χ1v) is 2.32. The van der Waals surface area contributed by atoms with Crippen LogP contribution in [0.4, 0.5) is 9.59 Å². The van der Waals surface area contributed by atoms with Crippen molar-refractivity contribution in [3.05, 3.63) is 0 Å². The first kappa shape index (κ1) is 8.44. The average Bonchev–Trinajstić information content (AvgIpc) is 1.87. The second kappa shape index (κ2) is 4.33. The van der Waals surface area contributed by atoms with E-state index in [0.717, 1.165) is 0 Å². The summed E-state index contributed by atoms with van der Waals surface area (Å²) in [4.78, 5) is 19.9. The van der Waals surface area contributed by atoms with Gasteiger partial charge in [0.15, 0.2) is 0 Å². The van der Waals surface area contributed by atoms with Crippen molar-refractivity contribution in [1.82, 2.24) is 0 Å². The Hall–Kier alpha value is -0.560. The Morgan fingerprint density at radius 3 is 1.56 bits per heavy atom. The monoisotopic (exact) mass is 170 g/mol. The fourth-order valence-electron chi connectivity index (χ4n) is 0.105. The highest BCUT2D eigenvalue weighted by Crippen LogP contribution is 1.92. The standard InChI is InChI=1S/C2H2O5S2/c3-1(6-8)5-2(4)7-9/h8-9H. The molecule has 0 aromatic rings. The number of carbonyl (C=O) groups excluding carboxylic acids is 2. The van der Waals surface area contributed by atoms with Crippen LogP contribution in [-0.2, 0) is 13.1 Å². The Labute approximate surface area is 61.5 Å². The SMILES string of the molecule is O=C(OS)OC(=O)OS. The van der Waals surface area contributed by atoms with E-state index in [4.69, 9.17) is 0 Å². The molecular formula is C2H2O5S2. The van der Waals surface area contributed by atoms with Crippen molar-refractivity contribution in [2.45, 2.75) is 0 Å². The maximum Gasteiger partial charge on any atom is 0.530 e. The van der Waals surface area contributed by atoms with Gasteiger partial charge in [0.25, 0.3) is 0 Å². The first-order chi connectivity index (χ1) is 4.20. The van der Waals surface area contributed by atoms with E-state index >= 15 is 0 Å². The van der Waals surface area contributed by atoms with E-state index < -0.39 is 12.3 Å². The lowest BCUT2D eigenvalue weighted by Crippen LogP contribution is -2.08. The molecule has 0 fully saturated rings. The van der Waals surface area contributed by atoms with Crippen molar-refractivity contribution in [3.8, 4) is 0 Å². The summed E-state index contributed by atoms with van der Waals surface area (Å²) in [7, 11) is 0. The Kier molecular flexibility index (Phi) is 4.06. The molecule has 0 aromatic carbocycles. The van der Waals surface area contributed by atoms with Crippen molar-refractivity contribution in [2.75, 3.05) is 0 Å². The fourth-order valence-corrected chi connectivity index (χ4v) is 0.180. The molecule has 0 aliphatic heterocycles. The highest BCUT2D eigenvalue weighted by molar-refractivity contribution is 7.75. The second-order valence-electron chi connectivity index (χ2n) is 0.785. The van der Waals surface area contributed by atoms with Gasteiger partial charge in [0.1, 0.15) is 0 Å². The van der Waals surface area contributed by atoms with Gasteiger partial charge >= 0.3 is 12.3 Å². The molecule has 5 nitrogen and oxygen atoms in total. The zero-order valence-corrected chi connectivity index (χ0v) is 5.72. The zero-order chi connectivity index (χ0) is 7.28. The number of thiol groups is 2. The van der Waals surface area contributed by atoms with Gasteiger partial charge in [0.05, 0.1) is 0 Å². The number of ether oxygens (including phenoxy) is 1. The third kappa shape index (κ3) is 3.98. The Balaban J connectivity index is 3.47. The molecule has 52 valence electrons. The highest BCUT2D eigenvalue weighted by Gasteiger charge is 2.09. The third-order valence-corrected chi connectivity index (χ3v) is 0.614. The van der Waals surface area contributed by atoms with Crippen molar-refractivity contribution >= 4 is 38.1 Å². The molecule has 0 bridgehead atoms. The quantitative estimate of drug-likeness (QED) is 0.245. The third-order valence-electron chi connectivity index (χ3n) is 0.316. The summed E-state index contributed by atoms with van der Waals surface area (Å²) >= 11 is 6.04. The van der Waals surface area contributed by atoms with E-state index in [1.165, 1.54) is 0 Å². The molecule has 0 unspecified atom stereocenters. The second-order valence-corrected chi connectivity index (χ2v) is 1.15. The Bertz CT molecular complexity index is 108. The lowest BCUT2D eigenvalue weighted by molar-refractivity contribution is 0.0997. The van der Waals surface area contributed by atoms with Crippen LogP contribution in [0.25, 0.3) is 0 Å². The molecule has 0 N–H and O–H groups in total. The molecule has 0 heterocycles. The number of carbonyl (C=O) groups is 2. The van der Waals surface area contributed by atoms with Crippen LogP contribution in [0.2, 0.25) is 0 Å². The maximum absolute atomic E-state index is 9.93. The van der Waals surface area contributed by atoms with Crippen LogP contribution in [0.1, 0.15) is 0 Å². The van der Waals surface area contributed by atoms with Gasteiger partial charge in [-0.1, -0.05) is 0 Å². The zero-order valence-electron chi connectivity index (χ0n) is 3.94.